The molecule has 1 aliphatic rings. The number of benzene rings is 1. The lowest BCUT2D eigenvalue weighted by Crippen LogP contribution is -2.44. The first kappa shape index (κ1) is 16.0. The Labute approximate surface area is 126 Å². The van der Waals surface area contributed by atoms with E-state index in [1.54, 1.807) is 49.3 Å². The molecule has 0 spiro atoms. The number of nitrogens with zero attached hydrogens (tertiary/aromatic N) is 2. The van der Waals surface area contributed by atoms with Crippen LogP contribution >= 0.6 is 0 Å². The molecule has 6 heteroatoms. The van der Waals surface area contributed by atoms with E-state index < -0.39 is 9.84 Å². The zero-order valence-electron chi connectivity index (χ0n) is 12.5. The molecule has 21 heavy (non-hydrogen) atoms. The number of rotatable bonds is 5. The van der Waals surface area contributed by atoms with Crippen molar-refractivity contribution in [1.29, 1.82) is 0 Å². The van der Waals surface area contributed by atoms with Crippen molar-refractivity contribution < 1.29 is 13.2 Å². The molecule has 0 N–H and O–H groups in total. The molecule has 116 valence electrons. The molecule has 5 nitrogen and oxygen atoms in total. The Morgan fingerprint density at radius 2 is 1.95 bits per heavy atom. The molecule has 1 aromatic carbocycles. The summed E-state index contributed by atoms with van der Waals surface area (Å²) in [5, 5.41) is 0. The van der Waals surface area contributed by atoms with E-state index in [4.69, 9.17) is 0 Å². The van der Waals surface area contributed by atoms with Gasteiger partial charge in [-0.2, -0.15) is 0 Å². The second-order valence-corrected chi connectivity index (χ2v) is 7.67. The molecule has 1 aromatic rings. The molecule has 1 unspecified atom stereocenters. The summed E-state index contributed by atoms with van der Waals surface area (Å²) in [5.41, 5.74) is 0. The lowest BCUT2D eigenvalue weighted by Gasteiger charge is -2.25. The summed E-state index contributed by atoms with van der Waals surface area (Å²) in [6.45, 7) is 1.19. The topological polar surface area (TPSA) is 57.7 Å². The number of carbonyl (C=O) groups is 1. The average molecular weight is 310 g/mol. The molecule has 1 saturated heterocycles. The van der Waals surface area contributed by atoms with Crippen molar-refractivity contribution in [2.45, 2.75) is 23.8 Å². The van der Waals surface area contributed by atoms with E-state index in [1.807, 2.05) is 4.90 Å². The maximum atomic E-state index is 12.3. The van der Waals surface area contributed by atoms with Gasteiger partial charge in [-0.25, -0.2) is 8.42 Å². The zero-order valence-corrected chi connectivity index (χ0v) is 13.3. The van der Waals surface area contributed by atoms with Crippen molar-refractivity contribution in [1.82, 2.24) is 9.80 Å². The second-order valence-electron chi connectivity index (χ2n) is 5.56. The number of sulfone groups is 1. The third kappa shape index (κ3) is 3.83. The van der Waals surface area contributed by atoms with E-state index in [0.717, 1.165) is 19.4 Å². The first-order valence-corrected chi connectivity index (χ1v) is 8.80. The minimum Gasteiger partial charge on any atom is -0.347 e. The zero-order chi connectivity index (χ0) is 15.5. The summed E-state index contributed by atoms with van der Waals surface area (Å²) in [6.07, 6.45) is 1.75. The third-order valence-corrected chi connectivity index (χ3v) is 5.55. The highest BCUT2D eigenvalue weighted by Crippen LogP contribution is 2.19. The normalized spacial score (nSPS) is 19.6. The van der Waals surface area contributed by atoms with Gasteiger partial charge in [0.2, 0.25) is 5.91 Å². The number of hydrogen-bond donors (Lipinski definition) is 0. The Morgan fingerprint density at radius 1 is 1.29 bits per heavy atom. The van der Waals surface area contributed by atoms with Gasteiger partial charge in [0.25, 0.3) is 0 Å². The minimum atomic E-state index is -3.28. The minimum absolute atomic E-state index is 0.0498. The van der Waals surface area contributed by atoms with Gasteiger partial charge in [0.05, 0.1) is 16.7 Å². The molecule has 1 atom stereocenters. The van der Waals surface area contributed by atoms with E-state index in [-0.39, 0.29) is 17.7 Å². The largest absolute Gasteiger partial charge is 0.347 e. The highest BCUT2D eigenvalue weighted by Gasteiger charge is 2.32. The van der Waals surface area contributed by atoms with Crippen LogP contribution in [0.1, 0.15) is 12.8 Å². The quantitative estimate of drug-likeness (QED) is 0.814. The number of carbonyl (C=O) groups excluding carboxylic acids is 1. The van der Waals surface area contributed by atoms with E-state index in [0.29, 0.717) is 11.4 Å². The number of likely N-dealkylation sites (N-methyl/N-ethyl adjacent to an activating group) is 1. The van der Waals surface area contributed by atoms with Crippen LogP contribution in [0.15, 0.2) is 35.2 Å². The van der Waals surface area contributed by atoms with Crippen molar-refractivity contribution >= 4 is 15.7 Å². The van der Waals surface area contributed by atoms with Gasteiger partial charge in [0, 0.05) is 20.6 Å². The van der Waals surface area contributed by atoms with E-state index in [2.05, 4.69) is 0 Å². The summed E-state index contributed by atoms with van der Waals surface area (Å²) < 4.78 is 24.6. The predicted molar refractivity (Wildman–Crippen MR) is 81.8 cm³/mol. The SMILES string of the molecule is CN(C)C(=O)C1CCCN1CCS(=O)(=O)c1ccccc1. The standard InChI is InChI=1S/C15H22N2O3S/c1-16(2)15(18)14-9-6-10-17(14)11-12-21(19,20)13-7-4-3-5-8-13/h3-5,7-8,14H,6,9-12H2,1-2H3. The van der Waals surface area contributed by atoms with Gasteiger partial charge < -0.3 is 4.90 Å². The molecule has 1 aliphatic heterocycles. The van der Waals surface area contributed by atoms with Crippen LogP contribution in [-0.4, -0.2) is 63.1 Å². The molecule has 2 rings (SSSR count). The van der Waals surface area contributed by atoms with Gasteiger partial charge in [-0.3, -0.25) is 9.69 Å². The van der Waals surface area contributed by atoms with Gasteiger partial charge in [-0.05, 0) is 31.5 Å². The Morgan fingerprint density at radius 3 is 2.57 bits per heavy atom. The average Bonchev–Trinajstić information content (AvgIpc) is 2.93. The van der Waals surface area contributed by atoms with Crippen LogP contribution in [0.2, 0.25) is 0 Å². The molecule has 0 saturated carbocycles. The fourth-order valence-corrected chi connectivity index (χ4v) is 3.94. The highest BCUT2D eigenvalue weighted by atomic mass is 32.2. The van der Waals surface area contributed by atoms with Crippen LogP contribution in [-0.2, 0) is 14.6 Å². The molecular formula is C15H22N2O3S. The molecule has 0 bridgehead atoms. The van der Waals surface area contributed by atoms with Crippen LogP contribution in [0.3, 0.4) is 0 Å². The maximum Gasteiger partial charge on any atom is 0.239 e. The predicted octanol–water partition coefficient (Wildman–Crippen LogP) is 1.01. The molecule has 1 amide bonds. The van der Waals surface area contributed by atoms with Gasteiger partial charge in [0.15, 0.2) is 9.84 Å². The van der Waals surface area contributed by atoms with Crippen molar-refractivity contribution in [2.75, 3.05) is 32.9 Å². The van der Waals surface area contributed by atoms with E-state index in [9.17, 15) is 13.2 Å². The van der Waals surface area contributed by atoms with Crippen LogP contribution in [0, 0.1) is 0 Å². The van der Waals surface area contributed by atoms with Gasteiger partial charge in [-0.15, -0.1) is 0 Å². The molecular weight excluding hydrogens is 288 g/mol. The third-order valence-electron chi connectivity index (χ3n) is 3.84. The lowest BCUT2D eigenvalue weighted by atomic mass is 10.2. The Hall–Kier alpha value is -1.40. The molecule has 0 aliphatic carbocycles. The Kier molecular flexibility index (Phi) is 5.00. The molecule has 1 heterocycles. The molecule has 0 aromatic heterocycles. The Bertz CT molecular complexity index is 584. The van der Waals surface area contributed by atoms with Gasteiger partial charge in [-0.1, -0.05) is 18.2 Å². The number of amides is 1. The van der Waals surface area contributed by atoms with Crippen LogP contribution < -0.4 is 0 Å². The van der Waals surface area contributed by atoms with Gasteiger partial charge in [0.1, 0.15) is 0 Å². The summed E-state index contributed by atoms with van der Waals surface area (Å²) in [7, 11) is 0.188. The van der Waals surface area contributed by atoms with Crippen molar-refractivity contribution in [3.05, 3.63) is 30.3 Å². The van der Waals surface area contributed by atoms with E-state index in [1.165, 1.54) is 0 Å². The highest BCUT2D eigenvalue weighted by molar-refractivity contribution is 7.91. The first-order chi connectivity index (χ1) is 9.92. The van der Waals surface area contributed by atoms with Crippen LogP contribution in [0.25, 0.3) is 0 Å². The first-order valence-electron chi connectivity index (χ1n) is 7.15. The number of hydrogen-bond acceptors (Lipinski definition) is 4. The van der Waals surface area contributed by atoms with Crippen LogP contribution in [0.5, 0.6) is 0 Å². The van der Waals surface area contributed by atoms with Crippen molar-refractivity contribution in [3.8, 4) is 0 Å². The summed E-state index contributed by atoms with van der Waals surface area (Å²) in [5.74, 6) is 0.110. The summed E-state index contributed by atoms with van der Waals surface area (Å²) >= 11 is 0. The summed E-state index contributed by atoms with van der Waals surface area (Å²) in [4.78, 5) is 16.0. The van der Waals surface area contributed by atoms with Gasteiger partial charge >= 0.3 is 0 Å². The van der Waals surface area contributed by atoms with Crippen molar-refractivity contribution in [3.63, 3.8) is 0 Å². The monoisotopic (exact) mass is 310 g/mol. The fourth-order valence-electron chi connectivity index (χ4n) is 2.65. The Balaban J connectivity index is 2.01. The molecule has 1 fully saturated rings. The fraction of sp³-hybridized carbons (Fsp3) is 0.533. The molecule has 0 radical (unpaired) electrons. The smallest absolute Gasteiger partial charge is 0.239 e. The number of likely N-dealkylation sites (tertiary alicyclic amines) is 1. The van der Waals surface area contributed by atoms with E-state index >= 15 is 0 Å². The lowest BCUT2D eigenvalue weighted by molar-refractivity contribution is -0.133. The van der Waals surface area contributed by atoms with Crippen molar-refractivity contribution in [2.24, 2.45) is 0 Å². The van der Waals surface area contributed by atoms with Crippen LogP contribution in [0.4, 0.5) is 0 Å². The maximum absolute atomic E-state index is 12.3. The second kappa shape index (κ2) is 6.58. The summed E-state index contributed by atoms with van der Waals surface area (Å²) in [6, 6.07) is 8.29.